The van der Waals surface area contributed by atoms with E-state index < -0.39 is 6.61 Å². The van der Waals surface area contributed by atoms with E-state index in [-0.39, 0.29) is 23.0 Å². The lowest BCUT2D eigenvalue weighted by atomic mass is 10.1. The van der Waals surface area contributed by atoms with Crippen LogP contribution in [-0.4, -0.2) is 41.7 Å². The Kier molecular flexibility index (Phi) is 6.28. The summed E-state index contributed by atoms with van der Waals surface area (Å²) in [4.78, 5) is 22.2. The lowest BCUT2D eigenvalue weighted by molar-refractivity contribution is -0.0512. The summed E-state index contributed by atoms with van der Waals surface area (Å²) in [5.74, 6) is 1.17. The maximum atomic E-state index is 12.5. The normalized spacial score (nSPS) is 14.8. The van der Waals surface area contributed by atoms with Crippen LogP contribution in [0.1, 0.15) is 42.4 Å². The zero-order valence-corrected chi connectivity index (χ0v) is 16.3. The minimum Gasteiger partial charge on any atom is -0.493 e. The second-order valence-corrected chi connectivity index (χ2v) is 7.17. The SMILES string of the molecule is COc1cc(CN2CCc3nc(C(C)C)[nH]c(=O)c3CC2)ccc1OC(F)F. The second-order valence-electron chi connectivity index (χ2n) is 7.17. The third-order valence-corrected chi connectivity index (χ3v) is 4.86. The molecule has 0 radical (unpaired) electrons. The van der Waals surface area contributed by atoms with Gasteiger partial charge in [-0.05, 0) is 24.1 Å². The highest BCUT2D eigenvalue weighted by molar-refractivity contribution is 5.43. The number of aromatic nitrogens is 2. The Bertz CT molecular complexity index is 883. The van der Waals surface area contributed by atoms with Gasteiger partial charge in [-0.3, -0.25) is 9.69 Å². The summed E-state index contributed by atoms with van der Waals surface area (Å²) in [6.45, 7) is 3.21. The van der Waals surface area contributed by atoms with Gasteiger partial charge >= 0.3 is 6.61 Å². The molecule has 0 atom stereocenters. The van der Waals surface area contributed by atoms with Crippen LogP contribution in [-0.2, 0) is 19.4 Å². The molecular formula is C20H25F2N3O3. The average Bonchev–Trinajstić information content (AvgIpc) is 2.85. The monoisotopic (exact) mass is 393 g/mol. The minimum atomic E-state index is -2.90. The van der Waals surface area contributed by atoms with Crippen LogP contribution >= 0.6 is 0 Å². The predicted molar refractivity (Wildman–Crippen MR) is 101 cm³/mol. The maximum Gasteiger partial charge on any atom is 0.387 e. The lowest BCUT2D eigenvalue weighted by Crippen LogP contribution is -2.26. The molecule has 8 heteroatoms. The first-order valence-electron chi connectivity index (χ1n) is 9.33. The molecule has 3 rings (SSSR count). The number of benzene rings is 1. The molecule has 0 saturated carbocycles. The molecule has 2 aromatic rings. The highest BCUT2D eigenvalue weighted by Gasteiger charge is 2.20. The van der Waals surface area contributed by atoms with Gasteiger partial charge in [-0.1, -0.05) is 19.9 Å². The van der Waals surface area contributed by atoms with Crippen LogP contribution in [0.3, 0.4) is 0 Å². The molecule has 0 unspecified atom stereocenters. The molecule has 1 aromatic heterocycles. The first kappa shape index (κ1) is 20.3. The Morgan fingerprint density at radius 1 is 1.21 bits per heavy atom. The second kappa shape index (κ2) is 8.68. The van der Waals surface area contributed by atoms with E-state index >= 15 is 0 Å². The van der Waals surface area contributed by atoms with Crippen molar-refractivity contribution in [1.29, 1.82) is 0 Å². The number of halogens is 2. The van der Waals surface area contributed by atoms with Gasteiger partial charge in [-0.15, -0.1) is 0 Å². The van der Waals surface area contributed by atoms with E-state index in [0.29, 0.717) is 19.4 Å². The summed E-state index contributed by atoms with van der Waals surface area (Å²) in [5.41, 5.74) is 2.50. The highest BCUT2D eigenvalue weighted by Crippen LogP contribution is 2.30. The van der Waals surface area contributed by atoms with Crippen LogP contribution < -0.4 is 15.0 Å². The number of hydrogen-bond acceptors (Lipinski definition) is 5. The standard InChI is InChI=1S/C20H25F2N3O3/c1-12(2)18-23-15-7-9-25(8-6-14(15)19(26)24-18)11-13-4-5-16(28-20(21)22)17(10-13)27-3/h4-5,10,12,20H,6-9,11H2,1-3H3,(H,23,24,26). The number of fused-ring (bicyclic) bond motifs is 1. The largest absolute Gasteiger partial charge is 0.493 e. The van der Waals surface area contributed by atoms with Crippen molar-refractivity contribution in [3.05, 3.63) is 51.2 Å². The number of hydrogen-bond donors (Lipinski definition) is 1. The zero-order chi connectivity index (χ0) is 20.3. The van der Waals surface area contributed by atoms with Gasteiger partial charge in [0.05, 0.1) is 12.8 Å². The number of methoxy groups -OCH3 is 1. The van der Waals surface area contributed by atoms with Crippen molar-refractivity contribution in [2.75, 3.05) is 20.2 Å². The van der Waals surface area contributed by atoms with E-state index in [4.69, 9.17) is 4.74 Å². The highest BCUT2D eigenvalue weighted by atomic mass is 19.3. The van der Waals surface area contributed by atoms with Crippen molar-refractivity contribution in [2.24, 2.45) is 0 Å². The van der Waals surface area contributed by atoms with Gasteiger partial charge in [-0.25, -0.2) is 4.98 Å². The first-order chi connectivity index (χ1) is 13.4. The smallest absolute Gasteiger partial charge is 0.387 e. The van der Waals surface area contributed by atoms with Crippen molar-refractivity contribution in [3.63, 3.8) is 0 Å². The Labute approximate surface area is 162 Å². The molecule has 0 aliphatic carbocycles. The molecule has 1 aliphatic heterocycles. The average molecular weight is 393 g/mol. The number of H-pyrrole nitrogens is 1. The van der Waals surface area contributed by atoms with E-state index in [1.807, 2.05) is 13.8 Å². The number of ether oxygens (including phenoxy) is 2. The van der Waals surface area contributed by atoms with E-state index in [1.54, 1.807) is 12.1 Å². The van der Waals surface area contributed by atoms with Crippen molar-refractivity contribution < 1.29 is 18.3 Å². The molecule has 152 valence electrons. The number of aromatic amines is 1. The molecule has 28 heavy (non-hydrogen) atoms. The Balaban J connectivity index is 1.73. The van der Waals surface area contributed by atoms with Gasteiger partial charge < -0.3 is 14.5 Å². The van der Waals surface area contributed by atoms with Crippen LogP contribution in [0.5, 0.6) is 11.5 Å². The number of rotatable bonds is 6. The van der Waals surface area contributed by atoms with Crippen LogP contribution in [0.2, 0.25) is 0 Å². The van der Waals surface area contributed by atoms with Crippen LogP contribution in [0.4, 0.5) is 8.78 Å². The summed E-state index contributed by atoms with van der Waals surface area (Å²) in [7, 11) is 1.42. The minimum absolute atomic E-state index is 0.0153. The van der Waals surface area contributed by atoms with Gasteiger partial charge in [0.2, 0.25) is 0 Å². The van der Waals surface area contributed by atoms with Crippen LogP contribution in [0, 0.1) is 0 Å². The third kappa shape index (κ3) is 4.67. The molecule has 0 amide bonds. The quantitative estimate of drug-likeness (QED) is 0.817. The fraction of sp³-hybridized carbons (Fsp3) is 0.500. The Morgan fingerprint density at radius 3 is 2.64 bits per heavy atom. The summed E-state index contributed by atoms with van der Waals surface area (Å²) in [6.07, 6.45) is 1.32. The first-order valence-corrected chi connectivity index (χ1v) is 9.33. The van der Waals surface area contributed by atoms with Gasteiger partial charge in [-0.2, -0.15) is 8.78 Å². The fourth-order valence-corrected chi connectivity index (χ4v) is 3.37. The van der Waals surface area contributed by atoms with Gasteiger partial charge in [0, 0.05) is 37.5 Å². The molecular weight excluding hydrogens is 368 g/mol. The van der Waals surface area contributed by atoms with Crippen molar-refractivity contribution in [3.8, 4) is 11.5 Å². The Morgan fingerprint density at radius 2 is 1.96 bits per heavy atom. The van der Waals surface area contributed by atoms with E-state index in [9.17, 15) is 13.6 Å². The maximum absolute atomic E-state index is 12.5. The van der Waals surface area contributed by atoms with E-state index in [1.165, 1.54) is 13.2 Å². The number of nitrogens with one attached hydrogen (secondary N) is 1. The molecule has 1 aromatic carbocycles. The molecule has 1 N–H and O–H groups in total. The summed E-state index contributed by atoms with van der Waals surface area (Å²) in [6, 6.07) is 4.95. The summed E-state index contributed by atoms with van der Waals surface area (Å²) in [5, 5.41) is 0. The summed E-state index contributed by atoms with van der Waals surface area (Å²) < 4.78 is 34.6. The number of alkyl halides is 2. The van der Waals surface area contributed by atoms with Gasteiger partial charge in [0.15, 0.2) is 11.5 Å². The topological polar surface area (TPSA) is 67.5 Å². The molecule has 0 spiro atoms. The van der Waals surface area contributed by atoms with Crippen molar-refractivity contribution in [1.82, 2.24) is 14.9 Å². The van der Waals surface area contributed by atoms with Gasteiger partial charge in [0.25, 0.3) is 5.56 Å². The summed E-state index contributed by atoms with van der Waals surface area (Å²) >= 11 is 0. The van der Waals surface area contributed by atoms with E-state index in [2.05, 4.69) is 19.6 Å². The van der Waals surface area contributed by atoms with Crippen LogP contribution in [0.25, 0.3) is 0 Å². The van der Waals surface area contributed by atoms with Crippen molar-refractivity contribution >= 4 is 0 Å². The molecule has 6 nitrogen and oxygen atoms in total. The number of nitrogens with zero attached hydrogens (tertiary/aromatic N) is 2. The molecule has 0 bridgehead atoms. The molecule has 0 saturated heterocycles. The van der Waals surface area contributed by atoms with Crippen molar-refractivity contribution in [2.45, 2.75) is 45.8 Å². The van der Waals surface area contributed by atoms with Gasteiger partial charge in [0.1, 0.15) is 5.82 Å². The Hall–Kier alpha value is -2.48. The fourth-order valence-electron chi connectivity index (χ4n) is 3.37. The third-order valence-electron chi connectivity index (χ3n) is 4.86. The zero-order valence-electron chi connectivity index (χ0n) is 16.3. The van der Waals surface area contributed by atoms with E-state index in [0.717, 1.165) is 35.7 Å². The van der Waals surface area contributed by atoms with Crippen LogP contribution in [0.15, 0.2) is 23.0 Å². The molecule has 0 fully saturated rings. The lowest BCUT2D eigenvalue weighted by Gasteiger charge is -2.20. The molecule has 1 aliphatic rings. The predicted octanol–water partition coefficient (Wildman–Crippen LogP) is 3.10. The molecule has 2 heterocycles.